The molecule has 4 rings (SSSR count). The number of nitrogens with zero attached hydrogens (tertiary/aromatic N) is 1. The van der Waals surface area contributed by atoms with Crippen molar-refractivity contribution in [3.63, 3.8) is 0 Å². The second-order valence-corrected chi connectivity index (χ2v) is 23.2. The van der Waals surface area contributed by atoms with Crippen LogP contribution in [0.1, 0.15) is 189 Å². The second-order valence-electron chi connectivity index (χ2n) is 21.8. The lowest BCUT2D eigenvalue weighted by molar-refractivity contribution is -0.870. The third-order valence-corrected chi connectivity index (χ3v) is 16.9. The lowest BCUT2D eigenvalue weighted by Crippen LogP contribution is -2.54. The van der Waals surface area contributed by atoms with Gasteiger partial charge in [-0.2, -0.15) is 0 Å². The van der Waals surface area contributed by atoms with Crippen LogP contribution < -0.4 is 10.2 Å². The summed E-state index contributed by atoms with van der Waals surface area (Å²) in [5, 5.41) is 15.2. The van der Waals surface area contributed by atoms with Crippen molar-refractivity contribution >= 4 is 7.82 Å². The lowest BCUT2D eigenvalue weighted by Gasteiger charge is -2.58. The first-order valence-corrected chi connectivity index (χ1v) is 26.2. The topological polar surface area (TPSA) is 90.9 Å². The summed E-state index contributed by atoms with van der Waals surface area (Å²) in [6.45, 7) is 15.3. The number of unbranched alkanes of at least 4 members (excludes halogenated alkanes) is 11. The highest BCUT2D eigenvalue weighted by molar-refractivity contribution is 7.45. The van der Waals surface area contributed by atoms with Gasteiger partial charge in [-0.3, -0.25) is 4.57 Å². The Balaban J connectivity index is 1.33. The number of allylic oxidation sites excluding steroid dienone is 2. The van der Waals surface area contributed by atoms with Gasteiger partial charge in [0.25, 0.3) is 7.82 Å². The van der Waals surface area contributed by atoms with E-state index in [1.54, 1.807) is 5.57 Å². The van der Waals surface area contributed by atoms with Crippen molar-refractivity contribution < 1.29 is 28.1 Å². The minimum atomic E-state index is -4.52. The van der Waals surface area contributed by atoms with Gasteiger partial charge < -0.3 is 28.8 Å². The molecule has 4 aliphatic rings. The highest BCUT2D eigenvalue weighted by Gasteiger charge is 2.59. The Labute approximate surface area is 358 Å². The Morgan fingerprint density at radius 3 is 2.22 bits per heavy atom. The van der Waals surface area contributed by atoms with Crippen LogP contribution in [0.5, 0.6) is 0 Å². The van der Waals surface area contributed by atoms with Gasteiger partial charge >= 0.3 is 0 Å². The van der Waals surface area contributed by atoms with E-state index in [-0.39, 0.29) is 24.7 Å². The van der Waals surface area contributed by atoms with Gasteiger partial charge in [0, 0.05) is 6.04 Å². The number of likely N-dealkylation sites (N-methyl/N-ethyl adjacent to an activating group) is 1. The lowest BCUT2D eigenvalue weighted by atomic mass is 9.47. The molecule has 3 saturated carbocycles. The molecule has 0 amide bonds. The summed E-state index contributed by atoms with van der Waals surface area (Å²) in [6, 6.07) is -0.377. The van der Waals surface area contributed by atoms with Gasteiger partial charge in [0.1, 0.15) is 13.2 Å². The zero-order valence-electron chi connectivity index (χ0n) is 39.3. The molecule has 2 N–H and O–H groups in total. The third-order valence-electron chi connectivity index (χ3n) is 15.9. The Bertz CT molecular complexity index is 1300. The first-order valence-electron chi connectivity index (χ1n) is 24.7. The minimum absolute atomic E-state index is 0.0687. The Kier molecular flexibility index (Phi) is 20.6. The zero-order chi connectivity index (χ0) is 42.4. The van der Waals surface area contributed by atoms with Crippen LogP contribution in [0.3, 0.4) is 0 Å². The summed E-state index contributed by atoms with van der Waals surface area (Å²) in [5.74, 6) is 4.89. The molecule has 338 valence electrons. The van der Waals surface area contributed by atoms with Gasteiger partial charge in [-0.05, 0) is 111 Å². The number of phosphoric acid groups is 1. The molecular weight excluding hydrogens is 740 g/mol. The largest absolute Gasteiger partial charge is 0.756 e. The van der Waals surface area contributed by atoms with Crippen LogP contribution in [0.2, 0.25) is 0 Å². The summed E-state index contributed by atoms with van der Waals surface area (Å²) < 4.78 is 24.2. The predicted molar refractivity (Wildman–Crippen MR) is 242 cm³/mol. The normalized spacial score (nSPS) is 31.4. The van der Waals surface area contributed by atoms with Crippen molar-refractivity contribution in [1.29, 1.82) is 0 Å². The maximum atomic E-state index is 12.9. The first kappa shape index (κ1) is 50.1. The number of aliphatic hydroxyl groups is 1. The number of quaternary nitrogens is 1. The molecule has 3 fully saturated rings. The number of phosphoric ester groups is 1. The molecule has 0 aromatic heterocycles. The predicted octanol–water partition coefficient (Wildman–Crippen LogP) is 12.2. The van der Waals surface area contributed by atoms with E-state index in [2.05, 4.69) is 59.0 Å². The van der Waals surface area contributed by atoms with Crippen molar-refractivity contribution in [2.75, 3.05) is 40.9 Å². The Hall–Kier alpha value is -0.530. The summed E-state index contributed by atoms with van der Waals surface area (Å²) in [5.41, 5.74) is 2.31. The van der Waals surface area contributed by atoms with Crippen LogP contribution in [-0.2, 0) is 13.6 Å². The van der Waals surface area contributed by atoms with E-state index in [1.807, 2.05) is 27.2 Å². The van der Waals surface area contributed by atoms with Crippen LogP contribution in [0, 0.1) is 46.3 Å². The quantitative estimate of drug-likeness (QED) is 0.0353. The Morgan fingerprint density at radius 1 is 0.897 bits per heavy atom. The van der Waals surface area contributed by atoms with Crippen molar-refractivity contribution in [2.24, 2.45) is 46.3 Å². The van der Waals surface area contributed by atoms with Gasteiger partial charge in [0.2, 0.25) is 0 Å². The molecule has 0 bridgehead atoms. The average Bonchev–Trinajstić information content (AvgIpc) is 3.51. The van der Waals surface area contributed by atoms with E-state index in [4.69, 9.17) is 9.05 Å². The fraction of sp³-hybridized carbons (Fsp3) is 0.920. The van der Waals surface area contributed by atoms with Gasteiger partial charge in [-0.1, -0.05) is 149 Å². The number of aliphatic hydroxyl groups excluding tert-OH is 1. The standard InChI is InChI=1S/C50H93N2O5P/c1-10-11-12-13-14-15-16-17-18-19-20-21-22-26-48(53)47(38-57-58(54,55)56-36-35-52(7,8)9)51-42-31-33-49(5)41(37-42)27-28-43-45-30-29-44(40(4)25-23-24-39(2)3)50(45,6)34-32-46(43)49/h22,26-27,39-40,42-48,51,53H,10-21,23-25,28-38H2,1-9H3/b26-22+/t40-,42?,43+,44-,45+,46+,47+,48-,49+,50-/m1/s1. The van der Waals surface area contributed by atoms with Crippen LogP contribution >= 0.6 is 7.82 Å². The summed E-state index contributed by atoms with van der Waals surface area (Å²) in [4.78, 5) is 12.9. The van der Waals surface area contributed by atoms with Gasteiger partial charge in [-0.25, -0.2) is 0 Å². The SMILES string of the molecule is CCCCCCCCCCCCC/C=C/[C@@H](O)[C@H](COP(=O)([O-])OCC[N+](C)(C)C)NC1CC[C@@]2(C)C(=CC[C@H]3[C@@H]4CC[C@H]([C@H](C)CCCC(C)C)[C@@]4(C)CC[C@@H]32)C1. The fourth-order valence-corrected chi connectivity index (χ4v) is 13.0. The second kappa shape index (κ2) is 23.8. The number of rotatable bonds is 28. The molecule has 8 heteroatoms. The molecule has 2 unspecified atom stereocenters. The molecule has 4 aliphatic carbocycles. The number of hydrogen-bond donors (Lipinski definition) is 2. The van der Waals surface area contributed by atoms with Crippen molar-refractivity contribution in [2.45, 2.75) is 207 Å². The van der Waals surface area contributed by atoms with Gasteiger partial charge in [0.05, 0.1) is 39.9 Å². The minimum Gasteiger partial charge on any atom is -0.756 e. The Morgan fingerprint density at radius 2 is 1.57 bits per heavy atom. The van der Waals surface area contributed by atoms with E-state index in [0.29, 0.717) is 16.4 Å². The fourth-order valence-electron chi connectivity index (χ4n) is 12.3. The van der Waals surface area contributed by atoms with E-state index >= 15 is 0 Å². The van der Waals surface area contributed by atoms with E-state index < -0.39 is 20.0 Å². The zero-order valence-corrected chi connectivity index (χ0v) is 40.2. The maximum absolute atomic E-state index is 12.9. The summed E-state index contributed by atoms with van der Waals surface area (Å²) in [6.07, 6.45) is 35.1. The number of fused-ring (bicyclic) bond motifs is 5. The van der Waals surface area contributed by atoms with Crippen molar-refractivity contribution in [3.05, 3.63) is 23.8 Å². The highest BCUT2D eigenvalue weighted by atomic mass is 31.2. The summed E-state index contributed by atoms with van der Waals surface area (Å²) >= 11 is 0. The molecule has 0 aliphatic heterocycles. The van der Waals surface area contributed by atoms with Crippen molar-refractivity contribution in [3.8, 4) is 0 Å². The summed E-state index contributed by atoms with van der Waals surface area (Å²) in [7, 11) is 1.49. The smallest absolute Gasteiger partial charge is 0.268 e. The molecule has 0 heterocycles. The first-order chi connectivity index (χ1) is 27.5. The van der Waals surface area contributed by atoms with E-state index in [1.165, 1.54) is 116 Å². The molecule has 0 aromatic carbocycles. The molecule has 0 spiro atoms. The molecular formula is C50H93N2O5P. The van der Waals surface area contributed by atoms with Crippen LogP contribution in [0.4, 0.5) is 0 Å². The molecule has 0 aromatic rings. The van der Waals surface area contributed by atoms with Gasteiger partial charge in [0.15, 0.2) is 0 Å². The molecule has 0 radical (unpaired) electrons. The average molecular weight is 833 g/mol. The van der Waals surface area contributed by atoms with Crippen LogP contribution in [-0.4, -0.2) is 68.7 Å². The van der Waals surface area contributed by atoms with Crippen molar-refractivity contribution in [1.82, 2.24) is 5.32 Å². The van der Waals surface area contributed by atoms with Crippen LogP contribution in [0.25, 0.3) is 0 Å². The highest BCUT2D eigenvalue weighted by Crippen LogP contribution is 2.67. The van der Waals surface area contributed by atoms with Crippen LogP contribution in [0.15, 0.2) is 23.8 Å². The molecule has 11 atom stereocenters. The monoisotopic (exact) mass is 833 g/mol. The maximum Gasteiger partial charge on any atom is 0.268 e. The third kappa shape index (κ3) is 15.1. The molecule has 7 nitrogen and oxygen atoms in total. The van der Waals surface area contributed by atoms with E-state index in [0.717, 1.165) is 67.6 Å². The number of hydrogen-bond acceptors (Lipinski definition) is 6. The molecule has 58 heavy (non-hydrogen) atoms. The van der Waals surface area contributed by atoms with E-state index in [9.17, 15) is 14.6 Å². The van der Waals surface area contributed by atoms with Gasteiger partial charge in [-0.15, -0.1) is 0 Å². The number of nitrogens with one attached hydrogen (secondary N) is 1. The molecule has 0 saturated heterocycles.